The molecular weight excluding hydrogens is 320 g/mol. The van der Waals surface area contributed by atoms with E-state index in [0.717, 1.165) is 11.1 Å². The van der Waals surface area contributed by atoms with Crippen molar-refractivity contribution >= 4 is 17.3 Å². The van der Waals surface area contributed by atoms with Gasteiger partial charge in [-0.1, -0.05) is 37.1 Å². The molecule has 0 amide bonds. The third kappa shape index (κ3) is 4.15. The summed E-state index contributed by atoms with van der Waals surface area (Å²) in [5.74, 6) is -4.41. The Labute approximate surface area is 149 Å². The van der Waals surface area contributed by atoms with Gasteiger partial charge in [0.05, 0.1) is 5.92 Å². The second-order valence-corrected chi connectivity index (χ2v) is 7.35. The van der Waals surface area contributed by atoms with Gasteiger partial charge in [0.1, 0.15) is 11.3 Å². The Hall–Kier alpha value is -2.01. The summed E-state index contributed by atoms with van der Waals surface area (Å²) >= 11 is 0. The first-order valence-corrected chi connectivity index (χ1v) is 8.49. The summed E-state index contributed by atoms with van der Waals surface area (Å²) in [6, 6.07) is 0. The zero-order valence-electron chi connectivity index (χ0n) is 15.8. The Bertz CT molecular complexity index is 670. The Morgan fingerprint density at radius 1 is 1.12 bits per heavy atom. The molecule has 0 spiro atoms. The van der Waals surface area contributed by atoms with Gasteiger partial charge in [-0.25, -0.2) is 0 Å². The van der Waals surface area contributed by atoms with Crippen LogP contribution in [0.15, 0.2) is 34.6 Å². The van der Waals surface area contributed by atoms with E-state index in [4.69, 9.17) is 0 Å². The summed E-state index contributed by atoms with van der Waals surface area (Å²) in [6.45, 7) is 10.5. The van der Waals surface area contributed by atoms with Gasteiger partial charge >= 0.3 is 0 Å². The molecular formula is C20H28O5. The molecule has 0 radical (unpaired) electrons. The topological polar surface area (TPSA) is 91.7 Å². The van der Waals surface area contributed by atoms with Crippen LogP contribution in [0.5, 0.6) is 0 Å². The highest BCUT2D eigenvalue weighted by atomic mass is 16.3. The van der Waals surface area contributed by atoms with Crippen molar-refractivity contribution in [1.82, 2.24) is 0 Å². The molecule has 0 saturated heterocycles. The monoisotopic (exact) mass is 348 g/mol. The second-order valence-electron chi connectivity index (χ2n) is 7.35. The van der Waals surface area contributed by atoms with Gasteiger partial charge in [0.2, 0.25) is 0 Å². The van der Waals surface area contributed by atoms with Gasteiger partial charge in [0, 0.05) is 12.3 Å². The molecule has 0 heterocycles. The predicted octanol–water partition coefficient (Wildman–Crippen LogP) is 3.24. The van der Waals surface area contributed by atoms with Crippen LogP contribution in [0.1, 0.15) is 54.4 Å². The molecule has 5 heteroatoms. The molecule has 5 nitrogen and oxygen atoms in total. The van der Waals surface area contributed by atoms with Crippen LogP contribution in [0.2, 0.25) is 0 Å². The van der Waals surface area contributed by atoms with Gasteiger partial charge in [0.15, 0.2) is 23.0 Å². The summed E-state index contributed by atoms with van der Waals surface area (Å²) < 4.78 is 0. The molecule has 0 aromatic heterocycles. The molecule has 2 N–H and O–H groups in total. The lowest BCUT2D eigenvalue weighted by Gasteiger charge is -2.27. The number of rotatable bonds is 7. The maximum absolute atomic E-state index is 12.7. The van der Waals surface area contributed by atoms with E-state index in [-0.39, 0.29) is 12.8 Å². The molecule has 1 unspecified atom stereocenters. The number of Topliss-reactive ketones (excluding diaryl/α,β-unsaturated/α-hetero) is 3. The maximum Gasteiger partial charge on any atom is 0.191 e. The van der Waals surface area contributed by atoms with Crippen LogP contribution in [-0.2, 0) is 14.4 Å². The Morgan fingerprint density at radius 2 is 1.64 bits per heavy atom. The minimum Gasteiger partial charge on any atom is -0.508 e. The molecule has 1 rings (SSSR count). The zero-order valence-corrected chi connectivity index (χ0v) is 15.8. The molecule has 138 valence electrons. The van der Waals surface area contributed by atoms with Crippen molar-refractivity contribution < 1.29 is 24.6 Å². The summed E-state index contributed by atoms with van der Waals surface area (Å²) in [4.78, 5) is 37.7. The van der Waals surface area contributed by atoms with Gasteiger partial charge in [-0.05, 0) is 34.1 Å². The lowest BCUT2D eigenvalue weighted by molar-refractivity contribution is -0.144. The summed E-state index contributed by atoms with van der Waals surface area (Å²) in [7, 11) is 0. The van der Waals surface area contributed by atoms with Crippen molar-refractivity contribution in [3.05, 3.63) is 34.6 Å². The van der Waals surface area contributed by atoms with Gasteiger partial charge in [-0.3, -0.25) is 14.4 Å². The van der Waals surface area contributed by atoms with Crippen LogP contribution in [-0.4, -0.2) is 33.2 Å². The third-order valence-electron chi connectivity index (χ3n) is 4.32. The smallest absolute Gasteiger partial charge is 0.191 e. The van der Waals surface area contributed by atoms with E-state index in [1.807, 2.05) is 13.8 Å². The highest BCUT2D eigenvalue weighted by Gasteiger charge is 2.58. The van der Waals surface area contributed by atoms with E-state index >= 15 is 0 Å². The molecule has 0 aliphatic heterocycles. The van der Waals surface area contributed by atoms with Crippen molar-refractivity contribution in [2.24, 2.45) is 11.8 Å². The quantitative estimate of drug-likeness (QED) is 0.544. The Balaban J connectivity index is 3.45. The number of carbonyl (C=O) groups is 3. The highest BCUT2D eigenvalue weighted by molar-refractivity contribution is 6.26. The lowest BCUT2D eigenvalue weighted by Crippen LogP contribution is -2.46. The molecule has 25 heavy (non-hydrogen) atoms. The lowest BCUT2D eigenvalue weighted by atomic mass is 9.81. The number of ketones is 3. The third-order valence-corrected chi connectivity index (χ3v) is 4.32. The van der Waals surface area contributed by atoms with Gasteiger partial charge in [-0.15, -0.1) is 0 Å². The number of allylic oxidation sites excluding steroid dienone is 5. The highest BCUT2D eigenvalue weighted by Crippen LogP contribution is 2.41. The van der Waals surface area contributed by atoms with Crippen LogP contribution in [0, 0.1) is 11.8 Å². The van der Waals surface area contributed by atoms with Crippen LogP contribution in [0.4, 0.5) is 0 Å². The van der Waals surface area contributed by atoms with Crippen molar-refractivity contribution in [3.63, 3.8) is 0 Å². The van der Waals surface area contributed by atoms with E-state index in [1.54, 1.807) is 39.8 Å². The average molecular weight is 348 g/mol. The molecule has 1 aliphatic rings. The number of hydrogen-bond acceptors (Lipinski definition) is 5. The zero-order chi connectivity index (χ0) is 19.5. The Morgan fingerprint density at radius 3 is 2.08 bits per heavy atom. The first kappa shape index (κ1) is 21.0. The normalized spacial score (nSPS) is 23.0. The number of carbonyl (C=O) groups excluding carboxylic acids is 3. The standard InChI is InChI=1S/C20H28O5/c1-11(2)7-9-14-18(23)16(17(22)13(5)6)19(24)20(14,25)15(21)10-8-12(3)4/h7-8,13-14,24-25H,9-10H2,1-6H3/t14-,20?/m1/s1. The minimum absolute atomic E-state index is 0.0805. The molecule has 2 atom stereocenters. The van der Waals surface area contributed by atoms with Gasteiger partial charge in [-0.2, -0.15) is 0 Å². The van der Waals surface area contributed by atoms with E-state index in [2.05, 4.69) is 0 Å². The van der Waals surface area contributed by atoms with Crippen LogP contribution in [0.3, 0.4) is 0 Å². The van der Waals surface area contributed by atoms with Crippen molar-refractivity contribution in [2.45, 2.75) is 60.0 Å². The molecule has 0 aromatic rings. The van der Waals surface area contributed by atoms with Crippen LogP contribution >= 0.6 is 0 Å². The first-order chi connectivity index (χ1) is 11.4. The predicted molar refractivity (Wildman–Crippen MR) is 96.0 cm³/mol. The fourth-order valence-corrected chi connectivity index (χ4v) is 2.77. The molecule has 0 aromatic carbocycles. The number of aliphatic hydroxyl groups is 2. The summed E-state index contributed by atoms with van der Waals surface area (Å²) in [5, 5.41) is 21.5. The minimum atomic E-state index is -2.35. The van der Waals surface area contributed by atoms with E-state index in [1.165, 1.54) is 0 Å². The average Bonchev–Trinajstić information content (AvgIpc) is 2.69. The van der Waals surface area contributed by atoms with Crippen LogP contribution < -0.4 is 0 Å². The van der Waals surface area contributed by atoms with Crippen molar-refractivity contribution in [3.8, 4) is 0 Å². The van der Waals surface area contributed by atoms with Crippen molar-refractivity contribution in [2.75, 3.05) is 0 Å². The maximum atomic E-state index is 12.7. The van der Waals surface area contributed by atoms with E-state index in [0.29, 0.717) is 0 Å². The largest absolute Gasteiger partial charge is 0.508 e. The summed E-state index contributed by atoms with van der Waals surface area (Å²) in [5.41, 5.74) is -0.996. The number of aliphatic hydroxyl groups excluding tert-OH is 1. The molecule has 0 saturated carbocycles. The van der Waals surface area contributed by atoms with Crippen LogP contribution in [0.25, 0.3) is 0 Å². The van der Waals surface area contributed by atoms with Crippen molar-refractivity contribution in [1.29, 1.82) is 0 Å². The second kappa shape index (κ2) is 7.91. The molecule has 0 bridgehead atoms. The SMILES string of the molecule is CC(C)=CCC(=O)C1(O)C(O)=C(C(=O)C(C)C)C(=O)[C@H]1CC=C(C)C. The van der Waals surface area contributed by atoms with Gasteiger partial charge < -0.3 is 10.2 Å². The fraction of sp³-hybridized carbons (Fsp3) is 0.550. The van der Waals surface area contributed by atoms with E-state index in [9.17, 15) is 24.6 Å². The fourth-order valence-electron chi connectivity index (χ4n) is 2.77. The summed E-state index contributed by atoms with van der Waals surface area (Å²) in [6.07, 6.45) is 3.30. The molecule has 0 fully saturated rings. The van der Waals surface area contributed by atoms with E-state index < -0.39 is 46.1 Å². The first-order valence-electron chi connectivity index (χ1n) is 8.49. The van der Waals surface area contributed by atoms with Gasteiger partial charge in [0.25, 0.3) is 0 Å². The molecule has 1 aliphatic carbocycles. The number of hydrogen-bond donors (Lipinski definition) is 2. The Kier molecular flexibility index (Phi) is 6.66.